The quantitative estimate of drug-likeness (QED) is 0.703. The first kappa shape index (κ1) is 17.2. The number of phenolic OH excluding ortho intramolecular Hbond substituents is 1. The first-order valence-electron chi connectivity index (χ1n) is 8.77. The smallest absolute Gasteiger partial charge is 0.309 e. The van der Waals surface area contributed by atoms with Gasteiger partial charge in [-0.25, -0.2) is 0 Å². The molecule has 5 nitrogen and oxygen atoms in total. The van der Waals surface area contributed by atoms with Gasteiger partial charge in [0, 0.05) is 5.92 Å². The molecule has 2 atom stereocenters. The van der Waals surface area contributed by atoms with Gasteiger partial charge in [-0.05, 0) is 46.2 Å². The normalized spacial score (nSPS) is 14.7. The highest BCUT2D eigenvalue weighted by molar-refractivity contribution is 5.85. The zero-order valence-electron chi connectivity index (χ0n) is 15.1. The Morgan fingerprint density at radius 1 is 0.963 bits per heavy atom. The SMILES string of the molecule is COC(=O)C(C)C(c1ccc2c(c1)OCO2)c1ccc2ccc(O)cc2c1. The molecule has 0 amide bonds. The van der Waals surface area contributed by atoms with Crippen molar-refractivity contribution in [3.8, 4) is 17.2 Å². The fourth-order valence-corrected chi connectivity index (χ4v) is 3.64. The Bertz CT molecular complexity index is 1010. The molecule has 0 aliphatic carbocycles. The summed E-state index contributed by atoms with van der Waals surface area (Å²) in [4.78, 5) is 12.3. The summed E-state index contributed by atoms with van der Waals surface area (Å²) >= 11 is 0. The molecule has 2 unspecified atom stereocenters. The number of ether oxygens (including phenoxy) is 3. The van der Waals surface area contributed by atoms with E-state index in [4.69, 9.17) is 14.2 Å². The first-order valence-corrected chi connectivity index (χ1v) is 8.77. The molecule has 3 aromatic carbocycles. The van der Waals surface area contributed by atoms with Crippen LogP contribution in [0.5, 0.6) is 17.2 Å². The minimum Gasteiger partial charge on any atom is -0.508 e. The van der Waals surface area contributed by atoms with Gasteiger partial charge in [-0.15, -0.1) is 0 Å². The summed E-state index contributed by atoms with van der Waals surface area (Å²) in [6.45, 7) is 2.05. The maximum absolute atomic E-state index is 12.3. The van der Waals surface area contributed by atoms with Gasteiger partial charge in [0.25, 0.3) is 0 Å². The highest BCUT2D eigenvalue weighted by Gasteiger charge is 2.29. The van der Waals surface area contributed by atoms with E-state index in [-0.39, 0.29) is 24.4 Å². The van der Waals surface area contributed by atoms with Crippen molar-refractivity contribution < 1.29 is 24.1 Å². The minimum absolute atomic E-state index is 0.200. The number of hydrogen-bond donors (Lipinski definition) is 1. The molecule has 1 aliphatic rings. The first-order chi connectivity index (χ1) is 13.1. The van der Waals surface area contributed by atoms with Crippen LogP contribution >= 0.6 is 0 Å². The highest BCUT2D eigenvalue weighted by atomic mass is 16.7. The molecule has 4 rings (SSSR count). The van der Waals surface area contributed by atoms with E-state index in [9.17, 15) is 9.90 Å². The molecule has 1 aliphatic heterocycles. The summed E-state index contributed by atoms with van der Waals surface area (Å²) < 4.78 is 15.9. The van der Waals surface area contributed by atoms with Crippen LogP contribution in [0, 0.1) is 5.92 Å². The molecule has 27 heavy (non-hydrogen) atoms. The number of carbonyl (C=O) groups excluding carboxylic acids is 1. The van der Waals surface area contributed by atoms with Crippen molar-refractivity contribution in [2.75, 3.05) is 13.9 Å². The van der Waals surface area contributed by atoms with Gasteiger partial charge >= 0.3 is 5.97 Å². The summed E-state index contributed by atoms with van der Waals surface area (Å²) in [7, 11) is 1.40. The lowest BCUT2D eigenvalue weighted by molar-refractivity contribution is -0.145. The van der Waals surface area contributed by atoms with Crippen LogP contribution in [0.25, 0.3) is 10.8 Å². The van der Waals surface area contributed by atoms with Crippen molar-refractivity contribution >= 4 is 16.7 Å². The van der Waals surface area contributed by atoms with Gasteiger partial charge in [0.2, 0.25) is 6.79 Å². The van der Waals surface area contributed by atoms with E-state index in [2.05, 4.69) is 0 Å². The molecular weight excluding hydrogens is 344 g/mol. The Morgan fingerprint density at radius 3 is 2.48 bits per heavy atom. The third kappa shape index (κ3) is 3.16. The molecule has 1 heterocycles. The lowest BCUT2D eigenvalue weighted by atomic mass is 9.81. The number of carbonyl (C=O) groups is 1. The van der Waals surface area contributed by atoms with Crippen LogP contribution in [0.15, 0.2) is 54.6 Å². The lowest BCUT2D eigenvalue weighted by Crippen LogP contribution is -2.22. The number of rotatable bonds is 4. The van der Waals surface area contributed by atoms with E-state index in [1.807, 2.05) is 49.4 Å². The average molecular weight is 364 g/mol. The largest absolute Gasteiger partial charge is 0.508 e. The number of benzene rings is 3. The van der Waals surface area contributed by atoms with E-state index in [1.165, 1.54) is 7.11 Å². The van der Waals surface area contributed by atoms with Gasteiger partial charge in [0.1, 0.15) is 5.75 Å². The number of aromatic hydroxyl groups is 1. The molecule has 0 aromatic heterocycles. The predicted octanol–water partition coefficient (Wildman–Crippen LogP) is 4.22. The Labute approximate surface area is 157 Å². The molecular formula is C22H20O5. The molecule has 0 saturated heterocycles. The number of fused-ring (bicyclic) bond motifs is 2. The van der Waals surface area contributed by atoms with Crippen molar-refractivity contribution in [1.29, 1.82) is 0 Å². The van der Waals surface area contributed by atoms with Crippen LogP contribution in [0.2, 0.25) is 0 Å². The Kier molecular flexibility index (Phi) is 4.36. The number of phenols is 1. The fourth-order valence-electron chi connectivity index (χ4n) is 3.64. The predicted molar refractivity (Wildman–Crippen MR) is 101 cm³/mol. The van der Waals surface area contributed by atoms with E-state index in [0.717, 1.165) is 21.9 Å². The van der Waals surface area contributed by atoms with Crippen LogP contribution in [-0.2, 0) is 9.53 Å². The van der Waals surface area contributed by atoms with Crippen molar-refractivity contribution in [3.05, 3.63) is 65.7 Å². The summed E-state index contributed by atoms with van der Waals surface area (Å²) in [5, 5.41) is 11.7. The molecule has 0 fully saturated rings. The number of methoxy groups -OCH3 is 1. The molecule has 0 saturated carbocycles. The second kappa shape index (κ2) is 6.83. The topological polar surface area (TPSA) is 65.0 Å². The lowest BCUT2D eigenvalue weighted by Gasteiger charge is -2.24. The minimum atomic E-state index is -0.398. The second-order valence-corrected chi connectivity index (χ2v) is 6.69. The van der Waals surface area contributed by atoms with Crippen LogP contribution in [0.1, 0.15) is 24.0 Å². The summed E-state index contributed by atoms with van der Waals surface area (Å²) in [6.07, 6.45) is 0. The molecule has 0 spiro atoms. The standard InChI is InChI=1S/C22H20O5/c1-13(22(24)25-2)21(16-6-8-19-20(11-16)27-12-26-19)15-4-3-14-5-7-18(23)10-17(14)9-15/h3-11,13,21,23H,12H2,1-2H3. The van der Waals surface area contributed by atoms with Gasteiger partial charge < -0.3 is 19.3 Å². The molecule has 1 N–H and O–H groups in total. The van der Waals surface area contributed by atoms with Crippen LogP contribution in [0.3, 0.4) is 0 Å². The maximum Gasteiger partial charge on any atom is 0.309 e. The fraction of sp³-hybridized carbons (Fsp3) is 0.227. The Morgan fingerprint density at radius 2 is 1.67 bits per heavy atom. The zero-order chi connectivity index (χ0) is 19.0. The van der Waals surface area contributed by atoms with E-state index >= 15 is 0 Å². The summed E-state index contributed by atoms with van der Waals surface area (Å²) in [6, 6.07) is 17.0. The summed E-state index contributed by atoms with van der Waals surface area (Å²) in [5.41, 5.74) is 1.90. The summed E-state index contributed by atoms with van der Waals surface area (Å²) in [5.74, 6) is 0.678. The van der Waals surface area contributed by atoms with Gasteiger partial charge in [0.05, 0.1) is 13.0 Å². The van der Waals surface area contributed by atoms with Crippen molar-refractivity contribution in [2.45, 2.75) is 12.8 Å². The van der Waals surface area contributed by atoms with Crippen molar-refractivity contribution in [2.24, 2.45) is 5.92 Å². The Balaban J connectivity index is 1.84. The molecule has 0 bridgehead atoms. The molecule has 3 aromatic rings. The second-order valence-electron chi connectivity index (χ2n) is 6.69. The van der Waals surface area contributed by atoms with Crippen molar-refractivity contribution in [1.82, 2.24) is 0 Å². The third-order valence-electron chi connectivity index (χ3n) is 5.04. The third-order valence-corrected chi connectivity index (χ3v) is 5.04. The van der Waals surface area contributed by atoms with Crippen molar-refractivity contribution in [3.63, 3.8) is 0 Å². The van der Waals surface area contributed by atoms with Crippen LogP contribution in [0.4, 0.5) is 0 Å². The monoisotopic (exact) mass is 364 g/mol. The number of esters is 1. The van der Waals surface area contributed by atoms with E-state index in [0.29, 0.717) is 11.5 Å². The number of hydrogen-bond acceptors (Lipinski definition) is 5. The van der Waals surface area contributed by atoms with Crippen LogP contribution < -0.4 is 9.47 Å². The van der Waals surface area contributed by atoms with Crippen LogP contribution in [-0.4, -0.2) is 25.0 Å². The molecule has 0 radical (unpaired) electrons. The molecule has 5 heteroatoms. The molecule has 138 valence electrons. The van der Waals surface area contributed by atoms with Gasteiger partial charge in [0.15, 0.2) is 11.5 Å². The zero-order valence-corrected chi connectivity index (χ0v) is 15.1. The highest BCUT2D eigenvalue weighted by Crippen LogP contribution is 2.40. The van der Waals surface area contributed by atoms with Gasteiger partial charge in [-0.3, -0.25) is 4.79 Å². The Hall–Kier alpha value is -3.21. The average Bonchev–Trinajstić information content (AvgIpc) is 3.15. The van der Waals surface area contributed by atoms with Gasteiger partial charge in [-0.1, -0.05) is 37.3 Å². The van der Waals surface area contributed by atoms with Gasteiger partial charge in [-0.2, -0.15) is 0 Å². The van der Waals surface area contributed by atoms with E-state index < -0.39 is 5.92 Å². The van der Waals surface area contributed by atoms with E-state index in [1.54, 1.807) is 12.1 Å². The maximum atomic E-state index is 12.3.